The minimum atomic E-state index is 0. The van der Waals surface area contributed by atoms with Gasteiger partial charge in [-0.1, -0.05) is 18.2 Å². The van der Waals surface area contributed by atoms with Gasteiger partial charge in [0.1, 0.15) is 0 Å². The first kappa shape index (κ1) is 17.1. The summed E-state index contributed by atoms with van der Waals surface area (Å²) in [5.41, 5.74) is 1.31. The Labute approximate surface area is 149 Å². The summed E-state index contributed by atoms with van der Waals surface area (Å²) in [7, 11) is 0. The fourth-order valence-corrected chi connectivity index (χ4v) is 2.51. The molecule has 0 aliphatic heterocycles. The van der Waals surface area contributed by atoms with E-state index in [1.165, 1.54) is 23.7 Å². The molecule has 1 aromatic heterocycles. The summed E-state index contributed by atoms with van der Waals surface area (Å²) >= 11 is 0. The average Bonchev–Trinajstić information content (AvgIpc) is 3.22. The molecule has 1 aliphatic carbocycles. The largest absolute Gasteiger partial charge is 0.357 e. The fourth-order valence-electron chi connectivity index (χ4n) is 2.51. The van der Waals surface area contributed by atoms with Crippen LogP contribution >= 0.6 is 24.0 Å². The van der Waals surface area contributed by atoms with Gasteiger partial charge < -0.3 is 15.2 Å². The van der Waals surface area contributed by atoms with Crippen LogP contribution in [0.3, 0.4) is 0 Å². The number of nitrogens with one attached hydrogen (secondary N) is 2. The molecule has 1 aliphatic rings. The molecule has 4 nitrogen and oxygen atoms in total. The molecular formula is C17H25IN4. The van der Waals surface area contributed by atoms with Crippen LogP contribution in [0.1, 0.15) is 26.2 Å². The summed E-state index contributed by atoms with van der Waals surface area (Å²) in [6.07, 6.45) is 5.78. The molecular weight excluding hydrogens is 387 g/mol. The minimum absolute atomic E-state index is 0. The van der Waals surface area contributed by atoms with Gasteiger partial charge in [0.05, 0.1) is 0 Å². The topological polar surface area (TPSA) is 41.4 Å². The van der Waals surface area contributed by atoms with Crippen molar-refractivity contribution in [1.29, 1.82) is 0 Å². The zero-order chi connectivity index (χ0) is 14.5. The Hall–Kier alpha value is -1.24. The summed E-state index contributed by atoms with van der Waals surface area (Å²) in [4.78, 5) is 4.65. The Morgan fingerprint density at radius 2 is 2.09 bits per heavy atom. The first-order valence-corrected chi connectivity index (χ1v) is 7.95. The SMILES string of the molecule is CCNC(=NCCCn1ccc2ccccc21)NC1CC1.I. The molecule has 1 fully saturated rings. The zero-order valence-electron chi connectivity index (χ0n) is 13.1. The van der Waals surface area contributed by atoms with Crippen LogP contribution in [0.15, 0.2) is 41.5 Å². The highest BCUT2D eigenvalue weighted by Gasteiger charge is 2.21. The van der Waals surface area contributed by atoms with Crippen LogP contribution in [0.25, 0.3) is 10.9 Å². The van der Waals surface area contributed by atoms with Crippen LogP contribution in [-0.4, -0.2) is 29.7 Å². The van der Waals surface area contributed by atoms with Crippen LogP contribution in [0.5, 0.6) is 0 Å². The molecule has 5 heteroatoms. The summed E-state index contributed by atoms with van der Waals surface area (Å²) in [6.45, 7) is 4.89. The first-order valence-electron chi connectivity index (χ1n) is 7.95. The lowest BCUT2D eigenvalue weighted by Gasteiger charge is -2.10. The maximum absolute atomic E-state index is 4.65. The Kier molecular flexibility index (Phi) is 6.54. The number of hydrogen-bond acceptors (Lipinski definition) is 1. The zero-order valence-corrected chi connectivity index (χ0v) is 15.4. The van der Waals surface area contributed by atoms with E-state index in [-0.39, 0.29) is 24.0 Å². The van der Waals surface area contributed by atoms with E-state index < -0.39 is 0 Å². The predicted octanol–water partition coefficient (Wildman–Crippen LogP) is 3.37. The molecule has 2 N–H and O–H groups in total. The molecule has 0 radical (unpaired) electrons. The Morgan fingerprint density at radius 1 is 1.27 bits per heavy atom. The number of para-hydroxylation sites is 1. The highest BCUT2D eigenvalue weighted by molar-refractivity contribution is 14.0. The average molecular weight is 412 g/mol. The van der Waals surface area contributed by atoms with Crippen LogP contribution in [0.2, 0.25) is 0 Å². The van der Waals surface area contributed by atoms with Crippen molar-refractivity contribution >= 4 is 40.8 Å². The smallest absolute Gasteiger partial charge is 0.191 e. The number of fused-ring (bicyclic) bond motifs is 1. The maximum atomic E-state index is 4.65. The molecule has 1 saturated carbocycles. The number of guanidine groups is 1. The molecule has 1 aromatic carbocycles. The van der Waals surface area contributed by atoms with Crippen LogP contribution in [0, 0.1) is 0 Å². The van der Waals surface area contributed by atoms with Gasteiger partial charge in [-0.05, 0) is 43.7 Å². The Morgan fingerprint density at radius 3 is 2.86 bits per heavy atom. The predicted molar refractivity (Wildman–Crippen MR) is 104 cm³/mol. The third kappa shape index (κ3) is 4.63. The van der Waals surface area contributed by atoms with Gasteiger partial charge in [0.15, 0.2) is 5.96 Å². The van der Waals surface area contributed by atoms with E-state index >= 15 is 0 Å². The number of aryl methyl sites for hydroxylation is 1. The Balaban J connectivity index is 0.00000176. The lowest BCUT2D eigenvalue weighted by molar-refractivity contribution is 0.666. The molecule has 0 atom stereocenters. The van der Waals surface area contributed by atoms with Gasteiger partial charge in [0, 0.05) is 37.4 Å². The van der Waals surface area contributed by atoms with E-state index in [0.29, 0.717) is 6.04 Å². The summed E-state index contributed by atoms with van der Waals surface area (Å²) in [6, 6.07) is 11.3. The highest BCUT2D eigenvalue weighted by atomic mass is 127. The highest BCUT2D eigenvalue weighted by Crippen LogP contribution is 2.18. The van der Waals surface area contributed by atoms with Crippen molar-refractivity contribution in [3.05, 3.63) is 36.5 Å². The molecule has 120 valence electrons. The quantitative estimate of drug-likeness (QED) is 0.331. The van der Waals surface area contributed by atoms with Gasteiger partial charge in [-0.2, -0.15) is 0 Å². The lowest BCUT2D eigenvalue weighted by Crippen LogP contribution is -2.38. The normalized spacial score (nSPS) is 14.7. The number of rotatable bonds is 6. The standard InChI is InChI=1S/C17H24N4.HI/c1-2-18-17(20-15-8-9-15)19-11-5-12-21-13-10-14-6-3-4-7-16(14)21;/h3-4,6-7,10,13,15H,2,5,8-9,11-12H2,1H3,(H2,18,19,20);1H. The second kappa shape index (κ2) is 8.41. The Bertz CT molecular complexity index is 616. The van der Waals surface area contributed by atoms with Gasteiger partial charge in [-0.25, -0.2) is 0 Å². The number of hydrogen-bond donors (Lipinski definition) is 2. The van der Waals surface area contributed by atoms with E-state index in [1.807, 2.05) is 0 Å². The molecule has 0 saturated heterocycles. The summed E-state index contributed by atoms with van der Waals surface area (Å²) in [5, 5.41) is 8.07. The number of aromatic nitrogens is 1. The molecule has 0 amide bonds. The lowest BCUT2D eigenvalue weighted by atomic mass is 10.2. The van der Waals surface area contributed by atoms with Crippen molar-refractivity contribution in [1.82, 2.24) is 15.2 Å². The van der Waals surface area contributed by atoms with Crippen molar-refractivity contribution in [2.24, 2.45) is 4.99 Å². The third-order valence-electron chi connectivity index (χ3n) is 3.77. The number of halogens is 1. The van der Waals surface area contributed by atoms with E-state index in [2.05, 4.69) is 63.6 Å². The van der Waals surface area contributed by atoms with Gasteiger partial charge in [-0.3, -0.25) is 4.99 Å². The van der Waals surface area contributed by atoms with Gasteiger partial charge in [0.25, 0.3) is 0 Å². The molecule has 1 heterocycles. The first-order chi connectivity index (χ1) is 10.4. The maximum Gasteiger partial charge on any atom is 0.191 e. The second-order valence-corrected chi connectivity index (χ2v) is 5.60. The number of aliphatic imine (C=N–C) groups is 1. The minimum Gasteiger partial charge on any atom is -0.357 e. The van der Waals surface area contributed by atoms with Crippen molar-refractivity contribution in [2.45, 2.75) is 38.8 Å². The van der Waals surface area contributed by atoms with E-state index in [1.54, 1.807) is 0 Å². The molecule has 0 bridgehead atoms. The van der Waals surface area contributed by atoms with Crippen LogP contribution in [0.4, 0.5) is 0 Å². The molecule has 0 spiro atoms. The molecule has 0 unspecified atom stereocenters. The van der Waals surface area contributed by atoms with Gasteiger partial charge >= 0.3 is 0 Å². The third-order valence-corrected chi connectivity index (χ3v) is 3.77. The second-order valence-electron chi connectivity index (χ2n) is 5.60. The van der Waals surface area contributed by atoms with Crippen molar-refractivity contribution in [3.63, 3.8) is 0 Å². The molecule has 2 aromatic rings. The number of benzene rings is 1. The van der Waals surface area contributed by atoms with E-state index in [9.17, 15) is 0 Å². The molecule has 22 heavy (non-hydrogen) atoms. The van der Waals surface area contributed by atoms with E-state index in [4.69, 9.17) is 0 Å². The number of nitrogens with zero attached hydrogens (tertiary/aromatic N) is 2. The summed E-state index contributed by atoms with van der Waals surface area (Å²) in [5.74, 6) is 0.970. The van der Waals surface area contributed by atoms with Gasteiger partial charge in [0.2, 0.25) is 0 Å². The summed E-state index contributed by atoms with van der Waals surface area (Å²) < 4.78 is 2.31. The molecule has 3 rings (SSSR count). The van der Waals surface area contributed by atoms with E-state index in [0.717, 1.165) is 32.0 Å². The monoisotopic (exact) mass is 412 g/mol. The van der Waals surface area contributed by atoms with Crippen molar-refractivity contribution in [2.75, 3.05) is 13.1 Å². The van der Waals surface area contributed by atoms with Crippen LogP contribution in [-0.2, 0) is 6.54 Å². The fraction of sp³-hybridized carbons (Fsp3) is 0.471. The van der Waals surface area contributed by atoms with Crippen LogP contribution < -0.4 is 10.6 Å². The van der Waals surface area contributed by atoms with Crippen molar-refractivity contribution in [3.8, 4) is 0 Å². The van der Waals surface area contributed by atoms with Crippen molar-refractivity contribution < 1.29 is 0 Å². The van der Waals surface area contributed by atoms with Gasteiger partial charge in [-0.15, -0.1) is 24.0 Å².